The molecule has 7 heteroatoms. The van der Waals surface area contributed by atoms with E-state index in [0.717, 1.165) is 5.56 Å². The molecule has 1 aromatic heterocycles. The molecule has 0 spiro atoms. The summed E-state index contributed by atoms with van der Waals surface area (Å²) in [5.41, 5.74) is 1.24. The van der Waals surface area contributed by atoms with Gasteiger partial charge in [0.05, 0.1) is 18.7 Å². The number of nitrogens with zero attached hydrogens (tertiary/aromatic N) is 1. The lowest BCUT2D eigenvalue weighted by atomic mass is 10.2. The summed E-state index contributed by atoms with van der Waals surface area (Å²) in [6.45, 7) is 0.797. The molecule has 0 aliphatic rings. The molecule has 2 N–H and O–H groups in total. The van der Waals surface area contributed by atoms with E-state index in [9.17, 15) is 8.42 Å². The van der Waals surface area contributed by atoms with E-state index in [0.29, 0.717) is 10.9 Å². The van der Waals surface area contributed by atoms with Gasteiger partial charge in [0.2, 0.25) is 0 Å². The van der Waals surface area contributed by atoms with Crippen molar-refractivity contribution < 1.29 is 22.8 Å². The number of pyridine rings is 1. The smallest absolute Gasteiger partial charge is 0.299 e. The van der Waals surface area contributed by atoms with E-state index in [-0.39, 0.29) is 4.90 Å². The molecule has 2 rings (SSSR count). The summed E-state index contributed by atoms with van der Waals surface area (Å²) >= 11 is 0. The van der Waals surface area contributed by atoms with E-state index in [4.69, 9.17) is 14.4 Å². The number of rotatable bonds is 5. The summed E-state index contributed by atoms with van der Waals surface area (Å²) in [5, 5.41) is 18.5. The van der Waals surface area contributed by atoms with Gasteiger partial charge in [0.1, 0.15) is 11.0 Å². The van der Waals surface area contributed by atoms with Gasteiger partial charge in [-0.2, -0.15) is 8.42 Å². The van der Waals surface area contributed by atoms with Crippen LogP contribution in [0.2, 0.25) is 0 Å². The van der Waals surface area contributed by atoms with Crippen molar-refractivity contribution in [3.05, 3.63) is 36.0 Å². The Morgan fingerprint density at radius 2 is 2.15 bits per heavy atom. The van der Waals surface area contributed by atoms with Crippen LogP contribution in [0.1, 0.15) is 5.56 Å². The minimum atomic E-state index is -4.04. The second kappa shape index (κ2) is 5.84. The highest BCUT2D eigenvalue weighted by atomic mass is 32.2. The molecule has 0 bridgehead atoms. The second-order valence-corrected chi connectivity index (χ2v) is 6.00. The van der Waals surface area contributed by atoms with Gasteiger partial charge in [-0.1, -0.05) is 12.1 Å². The van der Waals surface area contributed by atoms with Crippen LogP contribution in [0.5, 0.6) is 0 Å². The van der Waals surface area contributed by atoms with E-state index in [1.807, 2.05) is 13.0 Å². The fourth-order valence-electron chi connectivity index (χ4n) is 1.73. The van der Waals surface area contributed by atoms with Crippen LogP contribution < -0.4 is 0 Å². The molecule has 0 saturated carbocycles. The van der Waals surface area contributed by atoms with Crippen molar-refractivity contribution in [1.29, 1.82) is 0 Å². The number of hydrogen-bond acceptors (Lipinski definition) is 6. The highest BCUT2D eigenvalue weighted by molar-refractivity contribution is 7.87. The van der Waals surface area contributed by atoms with E-state index in [1.54, 1.807) is 18.3 Å². The van der Waals surface area contributed by atoms with Crippen LogP contribution in [0.25, 0.3) is 10.9 Å². The third-order valence-electron chi connectivity index (χ3n) is 2.71. The predicted octanol–water partition coefficient (Wildman–Crippen LogP) is 0.602. The first kappa shape index (κ1) is 14.9. The van der Waals surface area contributed by atoms with Gasteiger partial charge < -0.3 is 10.2 Å². The van der Waals surface area contributed by atoms with Crippen LogP contribution in [0.15, 0.2) is 35.4 Å². The van der Waals surface area contributed by atoms with Gasteiger partial charge in [-0.25, -0.2) is 0 Å². The fraction of sp³-hybridized carbons (Fsp3) is 0.308. The Bertz CT molecular complexity index is 714. The number of aliphatic hydroxyl groups is 2. The highest BCUT2D eigenvalue weighted by Crippen LogP contribution is 2.23. The molecular formula is C13H15NO5S. The highest BCUT2D eigenvalue weighted by Gasteiger charge is 2.20. The molecule has 108 valence electrons. The molecule has 2 aromatic rings. The molecule has 0 saturated heterocycles. The first-order chi connectivity index (χ1) is 9.44. The molecule has 0 radical (unpaired) electrons. The number of benzene rings is 1. The average Bonchev–Trinajstić information content (AvgIpc) is 2.43. The monoisotopic (exact) mass is 297 g/mol. The van der Waals surface area contributed by atoms with Crippen LogP contribution in [0.4, 0.5) is 0 Å². The summed E-state index contributed by atoms with van der Waals surface area (Å²) in [6, 6.07) is 6.58. The van der Waals surface area contributed by atoms with Crippen molar-refractivity contribution in [1.82, 2.24) is 4.98 Å². The van der Waals surface area contributed by atoms with Crippen LogP contribution in [0.3, 0.4) is 0 Å². The Hall–Kier alpha value is -1.54. The maximum atomic E-state index is 12.1. The van der Waals surface area contributed by atoms with Crippen molar-refractivity contribution in [2.75, 3.05) is 13.2 Å². The zero-order valence-corrected chi connectivity index (χ0v) is 11.7. The van der Waals surface area contributed by atoms with Gasteiger partial charge >= 0.3 is 0 Å². The summed E-state index contributed by atoms with van der Waals surface area (Å²) in [7, 11) is -4.04. The van der Waals surface area contributed by atoms with Crippen LogP contribution in [-0.2, 0) is 14.3 Å². The number of aliphatic hydroxyl groups excluding tert-OH is 2. The van der Waals surface area contributed by atoms with Crippen LogP contribution in [0, 0.1) is 6.92 Å². The van der Waals surface area contributed by atoms with Crippen molar-refractivity contribution in [3.8, 4) is 0 Å². The third-order valence-corrected chi connectivity index (χ3v) is 4.02. The Labute approximate surface area is 116 Å². The molecule has 1 aromatic carbocycles. The maximum Gasteiger partial charge on any atom is 0.299 e. The standard InChI is InChI=1S/C13H15NO5S/c1-9-5-10-3-2-4-12(13(10)14-6-9)20(17,18)19-8-11(16)7-15/h2-6,11,15-16H,7-8H2,1H3. The Morgan fingerprint density at radius 3 is 2.85 bits per heavy atom. The molecule has 20 heavy (non-hydrogen) atoms. The lowest BCUT2D eigenvalue weighted by Gasteiger charge is -2.10. The summed E-state index contributed by atoms with van der Waals surface area (Å²) in [5.74, 6) is 0. The molecule has 0 amide bonds. The minimum absolute atomic E-state index is 0.0554. The van der Waals surface area contributed by atoms with Gasteiger partial charge in [-0.05, 0) is 24.6 Å². The summed E-state index contributed by atoms with van der Waals surface area (Å²) in [6.07, 6.45) is 0.333. The second-order valence-electron chi connectivity index (χ2n) is 4.42. The fourth-order valence-corrected chi connectivity index (χ4v) is 2.84. The topological polar surface area (TPSA) is 96.7 Å². The summed E-state index contributed by atoms with van der Waals surface area (Å²) in [4.78, 5) is 4.07. The molecule has 0 fully saturated rings. The number of aryl methyl sites for hydroxylation is 1. The number of para-hydroxylation sites is 1. The Morgan fingerprint density at radius 1 is 1.40 bits per heavy atom. The maximum absolute atomic E-state index is 12.1. The minimum Gasteiger partial charge on any atom is -0.394 e. The zero-order chi connectivity index (χ0) is 14.8. The van der Waals surface area contributed by atoms with Gasteiger partial charge in [-0.15, -0.1) is 0 Å². The molecule has 1 unspecified atom stereocenters. The largest absolute Gasteiger partial charge is 0.394 e. The van der Waals surface area contributed by atoms with Crippen molar-refractivity contribution in [2.45, 2.75) is 17.9 Å². The zero-order valence-electron chi connectivity index (χ0n) is 10.9. The van der Waals surface area contributed by atoms with Crippen LogP contribution in [-0.4, -0.2) is 42.9 Å². The first-order valence-electron chi connectivity index (χ1n) is 5.98. The van der Waals surface area contributed by atoms with Gasteiger partial charge in [0, 0.05) is 11.6 Å². The molecular weight excluding hydrogens is 282 g/mol. The molecule has 1 atom stereocenters. The van der Waals surface area contributed by atoms with Crippen molar-refractivity contribution >= 4 is 21.0 Å². The average molecular weight is 297 g/mol. The molecule has 0 aliphatic heterocycles. The normalized spacial score (nSPS) is 13.6. The third kappa shape index (κ3) is 3.13. The van der Waals surface area contributed by atoms with Crippen molar-refractivity contribution in [2.24, 2.45) is 0 Å². The van der Waals surface area contributed by atoms with E-state index < -0.39 is 29.4 Å². The lowest BCUT2D eigenvalue weighted by Crippen LogP contribution is -2.22. The number of hydrogen-bond donors (Lipinski definition) is 2. The van der Waals surface area contributed by atoms with Crippen molar-refractivity contribution in [3.63, 3.8) is 0 Å². The predicted molar refractivity (Wildman–Crippen MR) is 72.7 cm³/mol. The SMILES string of the molecule is Cc1cnc2c(S(=O)(=O)OCC(O)CO)cccc2c1. The molecule has 1 heterocycles. The lowest BCUT2D eigenvalue weighted by molar-refractivity contribution is 0.0557. The molecule has 0 aliphatic carbocycles. The quantitative estimate of drug-likeness (QED) is 0.785. The number of fused-ring (bicyclic) bond motifs is 1. The van der Waals surface area contributed by atoms with Gasteiger partial charge in [0.25, 0.3) is 10.1 Å². The van der Waals surface area contributed by atoms with E-state index in [1.165, 1.54) is 6.07 Å². The van der Waals surface area contributed by atoms with Gasteiger partial charge in [0.15, 0.2) is 0 Å². The summed E-state index contributed by atoms with van der Waals surface area (Å²) < 4.78 is 28.9. The first-order valence-corrected chi connectivity index (χ1v) is 7.38. The molecule has 6 nitrogen and oxygen atoms in total. The van der Waals surface area contributed by atoms with Crippen LogP contribution >= 0.6 is 0 Å². The van der Waals surface area contributed by atoms with E-state index >= 15 is 0 Å². The number of aromatic nitrogens is 1. The Kier molecular flexibility index (Phi) is 4.34. The van der Waals surface area contributed by atoms with E-state index in [2.05, 4.69) is 4.98 Å². The van der Waals surface area contributed by atoms with Gasteiger partial charge in [-0.3, -0.25) is 9.17 Å². The Balaban J connectivity index is 2.41.